The van der Waals surface area contributed by atoms with E-state index in [0.29, 0.717) is 13.2 Å². The SMILES string of the molecule is Cc1ccc(OCC(C)NC/C=C/C(=O)N(C)C)cc1. The van der Waals surface area contributed by atoms with Crippen LogP contribution in [0.2, 0.25) is 0 Å². The van der Waals surface area contributed by atoms with Gasteiger partial charge in [0, 0.05) is 32.8 Å². The maximum Gasteiger partial charge on any atom is 0.245 e. The summed E-state index contributed by atoms with van der Waals surface area (Å²) in [6.07, 6.45) is 3.39. The minimum Gasteiger partial charge on any atom is -0.492 e. The van der Waals surface area contributed by atoms with Gasteiger partial charge in [0.1, 0.15) is 12.4 Å². The number of rotatable bonds is 7. The van der Waals surface area contributed by atoms with Crippen molar-refractivity contribution in [1.29, 1.82) is 0 Å². The molecule has 1 N–H and O–H groups in total. The third kappa shape index (κ3) is 6.38. The molecule has 1 rings (SSSR count). The Balaban J connectivity index is 2.22. The van der Waals surface area contributed by atoms with E-state index in [1.54, 1.807) is 25.1 Å². The van der Waals surface area contributed by atoms with E-state index in [4.69, 9.17) is 4.74 Å². The third-order valence-corrected chi connectivity index (χ3v) is 2.81. The van der Waals surface area contributed by atoms with Gasteiger partial charge >= 0.3 is 0 Å². The Morgan fingerprint density at radius 1 is 1.35 bits per heavy atom. The van der Waals surface area contributed by atoms with Gasteiger partial charge in [0.2, 0.25) is 5.91 Å². The molecule has 4 heteroatoms. The van der Waals surface area contributed by atoms with Crippen LogP contribution < -0.4 is 10.1 Å². The standard InChI is InChI=1S/C16H24N2O2/c1-13-7-9-15(10-8-13)20-12-14(2)17-11-5-6-16(19)18(3)4/h5-10,14,17H,11-12H2,1-4H3/b6-5+. The van der Waals surface area contributed by atoms with Crippen LogP contribution in [0.15, 0.2) is 36.4 Å². The molecule has 110 valence electrons. The van der Waals surface area contributed by atoms with Crippen molar-refractivity contribution in [2.45, 2.75) is 19.9 Å². The summed E-state index contributed by atoms with van der Waals surface area (Å²) in [5.41, 5.74) is 1.22. The molecule has 0 radical (unpaired) electrons. The Labute approximate surface area is 121 Å². The van der Waals surface area contributed by atoms with Gasteiger partial charge in [-0.3, -0.25) is 4.79 Å². The van der Waals surface area contributed by atoms with Crippen LogP contribution in [0.25, 0.3) is 0 Å². The predicted octanol–water partition coefficient (Wildman–Crippen LogP) is 2.00. The molecule has 0 saturated heterocycles. The van der Waals surface area contributed by atoms with Crippen molar-refractivity contribution in [2.75, 3.05) is 27.2 Å². The molecule has 0 aliphatic carbocycles. The molecular formula is C16H24N2O2. The Bertz CT molecular complexity index is 438. The van der Waals surface area contributed by atoms with Gasteiger partial charge in [-0.2, -0.15) is 0 Å². The lowest BCUT2D eigenvalue weighted by atomic mass is 10.2. The van der Waals surface area contributed by atoms with E-state index in [1.165, 1.54) is 5.56 Å². The first kappa shape index (κ1) is 16.2. The zero-order chi connectivity index (χ0) is 15.0. The number of hydrogen-bond donors (Lipinski definition) is 1. The highest BCUT2D eigenvalue weighted by atomic mass is 16.5. The maximum absolute atomic E-state index is 11.3. The molecule has 20 heavy (non-hydrogen) atoms. The van der Waals surface area contributed by atoms with Gasteiger partial charge < -0.3 is 15.0 Å². The summed E-state index contributed by atoms with van der Waals surface area (Å²) in [4.78, 5) is 12.9. The molecule has 0 bridgehead atoms. The average molecular weight is 276 g/mol. The van der Waals surface area contributed by atoms with E-state index < -0.39 is 0 Å². The number of nitrogens with one attached hydrogen (secondary N) is 1. The van der Waals surface area contributed by atoms with Crippen molar-refractivity contribution in [3.05, 3.63) is 42.0 Å². The second kappa shape index (κ2) is 8.38. The van der Waals surface area contributed by atoms with Gasteiger partial charge in [-0.15, -0.1) is 0 Å². The third-order valence-electron chi connectivity index (χ3n) is 2.81. The predicted molar refractivity (Wildman–Crippen MR) is 82.0 cm³/mol. The minimum absolute atomic E-state index is 0.00430. The first-order chi connectivity index (χ1) is 9.49. The summed E-state index contributed by atoms with van der Waals surface area (Å²) >= 11 is 0. The van der Waals surface area contributed by atoms with Crippen LogP contribution in [0.4, 0.5) is 0 Å². The molecule has 1 unspecified atom stereocenters. The molecule has 4 nitrogen and oxygen atoms in total. The lowest BCUT2D eigenvalue weighted by Gasteiger charge is -2.14. The quantitative estimate of drug-likeness (QED) is 0.774. The molecule has 0 aliphatic rings. The molecule has 0 aliphatic heterocycles. The highest BCUT2D eigenvalue weighted by Gasteiger charge is 2.01. The first-order valence-electron chi connectivity index (χ1n) is 6.79. The molecule has 0 spiro atoms. The Morgan fingerprint density at radius 3 is 2.60 bits per heavy atom. The average Bonchev–Trinajstić information content (AvgIpc) is 2.42. The second-order valence-corrected chi connectivity index (χ2v) is 5.07. The topological polar surface area (TPSA) is 41.6 Å². The summed E-state index contributed by atoms with van der Waals surface area (Å²) in [6.45, 7) is 5.35. The highest BCUT2D eigenvalue weighted by Crippen LogP contribution is 2.11. The number of likely N-dealkylation sites (N-methyl/N-ethyl adjacent to an activating group) is 1. The van der Waals surface area contributed by atoms with Crippen LogP contribution >= 0.6 is 0 Å². The summed E-state index contributed by atoms with van der Waals surface area (Å²) in [7, 11) is 3.47. The van der Waals surface area contributed by atoms with Crippen LogP contribution in [-0.2, 0) is 4.79 Å². The van der Waals surface area contributed by atoms with E-state index in [0.717, 1.165) is 5.75 Å². The van der Waals surface area contributed by atoms with Crippen molar-refractivity contribution < 1.29 is 9.53 Å². The fraction of sp³-hybridized carbons (Fsp3) is 0.438. The van der Waals surface area contributed by atoms with Gasteiger partial charge in [-0.25, -0.2) is 0 Å². The molecule has 1 aromatic rings. The molecule has 0 fully saturated rings. The normalized spacial score (nSPS) is 12.4. The van der Waals surface area contributed by atoms with Gasteiger partial charge in [-0.05, 0) is 26.0 Å². The zero-order valence-corrected chi connectivity index (χ0v) is 12.7. The van der Waals surface area contributed by atoms with Crippen molar-refractivity contribution in [3.8, 4) is 5.75 Å². The molecule has 0 aromatic heterocycles. The van der Waals surface area contributed by atoms with Crippen LogP contribution in [0.5, 0.6) is 5.75 Å². The maximum atomic E-state index is 11.3. The number of carbonyl (C=O) groups is 1. The Hall–Kier alpha value is -1.81. The summed E-state index contributed by atoms with van der Waals surface area (Å²) in [6, 6.07) is 8.22. The molecular weight excluding hydrogens is 252 g/mol. The number of carbonyl (C=O) groups excluding carboxylic acids is 1. The van der Waals surface area contributed by atoms with Crippen LogP contribution in [-0.4, -0.2) is 44.1 Å². The summed E-state index contributed by atoms with van der Waals surface area (Å²) in [5, 5.41) is 3.28. The Kier molecular flexibility index (Phi) is 6.81. The molecule has 1 atom stereocenters. The smallest absolute Gasteiger partial charge is 0.245 e. The van der Waals surface area contributed by atoms with E-state index in [-0.39, 0.29) is 11.9 Å². The summed E-state index contributed by atoms with van der Waals surface area (Å²) < 4.78 is 5.68. The molecule has 0 heterocycles. The van der Waals surface area contributed by atoms with Gasteiger partial charge in [-0.1, -0.05) is 23.8 Å². The number of hydrogen-bond acceptors (Lipinski definition) is 3. The van der Waals surface area contributed by atoms with Gasteiger partial charge in [0.25, 0.3) is 0 Å². The van der Waals surface area contributed by atoms with Crippen LogP contribution in [0.3, 0.4) is 0 Å². The zero-order valence-electron chi connectivity index (χ0n) is 12.7. The lowest BCUT2D eigenvalue weighted by Crippen LogP contribution is -2.32. The monoisotopic (exact) mass is 276 g/mol. The van der Waals surface area contributed by atoms with Crippen molar-refractivity contribution >= 4 is 5.91 Å². The van der Waals surface area contributed by atoms with E-state index in [1.807, 2.05) is 30.3 Å². The van der Waals surface area contributed by atoms with E-state index in [9.17, 15) is 4.79 Å². The minimum atomic E-state index is -0.00430. The van der Waals surface area contributed by atoms with E-state index in [2.05, 4.69) is 19.2 Å². The number of aryl methyl sites for hydroxylation is 1. The number of benzene rings is 1. The lowest BCUT2D eigenvalue weighted by molar-refractivity contribution is -0.123. The molecule has 1 amide bonds. The number of amides is 1. The van der Waals surface area contributed by atoms with Crippen molar-refractivity contribution in [2.24, 2.45) is 0 Å². The van der Waals surface area contributed by atoms with Crippen molar-refractivity contribution in [3.63, 3.8) is 0 Å². The second-order valence-electron chi connectivity index (χ2n) is 5.07. The number of nitrogens with zero attached hydrogens (tertiary/aromatic N) is 1. The fourth-order valence-corrected chi connectivity index (χ4v) is 1.49. The number of ether oxygens (including phenoxy) is 1. The molecule has 0 saturated carbocycles. The molecule has 1 aromatic carbocycles. The van der Waals surface area contributed by atoms with Crippen molar-refractivity contribution in [1.82, 2.24) is 10.2 Å². The highest BCUT2D eigenvalue weighted by molar-refractivity contribution is 5.87. The first-order valence-corrected chi connectivity index (χ1v) is 6.79. The largest absolute Gasteiger partial charge is 0.492 e. The van der Waals surface area contributed by atoms with Crippen LogP contribution in [0, 0.1) is 6.92 Å². The fourth-order valence-electron chi connectivity index (χ4n) is 1.49. The van der Waals surface area contributed by atoms with Gasteiger partial charge in [0.15, 0.2) is 0 Å². The summed E-state index contributed by atoms with van der Waals surface area (Å²) in [5.74, 6) is 0.873. The van der Waals surface area contributed by atoms with E-state index >= 15 is 0 Å². The Morgan fingerprint density at radius 2 is 2.00 bits per heavy atom. The van der Waals surface area contributed by atoms with Gasteiger partial charge in [0.05, 0.1) is 0 Å². The van der Waals surface area contributed by atoms with Crippen LogP contribution in [0.1, 0.15) is 12.5 Å².